The van der Waals surface area contributed by atoms with E-state index in [0.29, 0.717) is 11.8 Å². The first-order valence-electron chi connectivity index (χ1n) is 5.33. The molecular weight excluding hydrogens is 172 g/mol. The average molecular weight is 192 g/mol. The van der Waals surface area contributed by atoms with Crippen LogP contribution in [-0.4, -0.2) is 6.61 Å². The molecule has 1 aromatic carbocycles. The zero-order valence-corrected chi connectivity index (χ0v) is 9.58. The number of para-hydroxylation sites is 1. The molecule has 0 aliphatic rings. The predicted octanol–water partition coefficient (Wildman–Crippen LogP) is 3.84. The van der Waals surface area contributed by atoms with Crippen LogP contribution in [0.25, 0.3) is 0 Å². The van der Waals surface area contributed by atoms with Crippen LogP contribution < -0.4 is 4.74 Å². The van der Waals surface area contributed by atoms with Crippen molar-refractivity contribution in [2.24, 2.45) is 5.92 Å². The van der Waals surface area contributed by atoms with Gasteiger partial charge in [0.05, 0.1) is 6.61 Å². The number of hydrogen-bond donors (Lipinski definition) is 0. The summed E-state index contributed by atoms with van der Waals surface area (Å²) in [5.74, 6) is 2.14. The largest absolute Gasteiger partial charge is 0.493 e. The topological polar surface area (TPSA) is 9.23 Å². The summed E-state index contributed by atoms with van der Waals surface area (Å²) in [5.41, 5.74) is 1.30. The van der Waals surface area contributed by atoms with Gasteiger partial charge in [-0.2, -0.15) is 0 Å². The minimum Gasteiger partial charge on any atom is -0.493 e. The van der Waals surface area contributed by atoms with E-state index in [1.807, 2.05) is 6.07 Å². The van der Waals surface area contributed by atoms with E-state index in [0.717, 1.165) is 12.4 Å². The highest BCUT2D eigenvalue weighted by atomic mass is 16.5. The third-order valence-electron chi connectivity index (χ3n) is 2.11. The highest BCUT2D eigenvalue weighted by Crippen LogP contribution is 2.26. The van der Waals surface area contributed by atoms with Crippen molar-refractivity contribution in [1.29, 1.82) is 0 Å². The molecule has 0 saturated heterocycles. The molecule has 0 saturated carbocycles. The lowest BCUT2D eigenvalue weighted by Crippen LogP contribution is -2.06. The Balaban J connectivity index is 2.74. The third-order valence-corrected chi connectivity index (χ3v) is 2.11. The minimum absolute atomic E-state index is 0.526. The zero-order valence-electron chi connectivity index (χ0n) is 9.58. The Kier molecular flexibility index (Phi) is 3.99. The molecule has 0 heterocycles. The first-order chi connectivity index (χ1) is 6.61. The fraction of sp³-hybridized carbons (Fsp3) is 0.538. The molecule has 78 valence electrons. The fourth-order valence-electron chi connectivity index (χ4n) is 1.35. The second-order valence-corrected chi connectivity index (χ2v) is 4.40. The van der Waals surface area contributed by atoms with Crippen LogP contribution in [0.5, 0.6) is 5.75 Å². The summed E-state index contributed by atoms with van der Waals surface area (Å²) in [6.45, 7) is 9.51. The summed E-state index contributed by atoms with van der Waals surface area (Å²) in [4.78, 5) is 0. The van der Waals surface area contributed by atoms with E-state index in [1.54, 1.807) is 0 Å². The number of rotatable bonds is 4. The monoisotopic (exact) mass is 192 g/mol. The maximum absolute atomic E-state index is 5.76. The molecule has 0 radical (unpaired) electrons. The van der Waals surface area contributed by atoms with Crippen LogP contribution in [0.15, 0.2) is 24.3 Å². The molecule has 0 spiro atoms. The first-order valence-corrected chi connectivity index (χ1v) is 5.33. The van der Waals surface area contributed by atoms with E-state index < -0.39 is 0 Å². The third kappa shape index (κ3) is 3.06. The molecule has 0 N–H and O–H groups in total. The molecule has 0 unspecified atom stereocenters. The van der Waals surface area contributed by atoms with Gasteiger partial charge in [0.15, 0.2) is 0 Å². The van der Waals surface area contributed by atoms with Crippen molar-refractivity contribution in [1.82, 2.24) is 0 Å². The van der Waals surface area contributed by atoms with Crippen molar-refractivity contribution in [3.8, 4) is 5.75 Å². The van der Waals surface area contributed by atoms with Gasteiger partial charge in [-0.05, 0) is 23.5 Å². The molecule has 0 fully saturated rings. The molecule has 0 aliphatic carbocycles. The Morgan fingerprint density at radius 3 is 2.29 bits per heavy atom. The van der Waals surface area contributed by atoms with Gasteiger partial charge in [0.2, 0.25) is 0 Å². The van der Waals surface area contributed by atoms with Gasteiger partial charge in [-0.15, -0.1) is 0 Å². The van der Waals surface area contributed by atoms with E-state index >= 15 is 0 Å². The Morgan fingerprint density at radius 2 is 1.71 bits per heavy atom. The molecule has 1 heteroatoms. The van der Waals surface area contributed by atoms with E-state index in [9.17, 15) is 0 Å². The molecule has 0 aromatic heterocycles. The minimum atomic E-state index is 0.526. The molecule has 1 nitrogen and oxygen atoms in total. The van der Waals surface area contributed by atoms with Gasteiger partial charge in [-0.3, -0.25) is 0 Å². The van der Waals surface area contributed by atoms with Crippen LogP contribution in [0.1, 0.15) is 39.2 Å². The van der Waals surface area contributed by atoms with Crippen LogP contribution in [0.3, 0.4) is 0 Å². The van der Waals surface area contributed by atoms with Crippen LogP contribution >= 0.6 is 0 Å². The molecule has 1 rings (SSSR count). The van der Waals surface area contributed by atoms with Gasteiger partial charge in [0, 0.05) is 0 Å². The predicted molar refractivity (Wildman–Crippen MR) is 60.9 cm³/mol. The van der Waals surface area contributed by atoms with Gasteiger partial charge in [-0.25, -0.2) is 0 Å². The molecule has 0 atom stereocenters. The van der Waals surface area contributed by atoms with Crippen molar-refractivity contribution in [3.05, 3.63) is 29.8 Å². The summed E-state index contributed by atoms with van der Waals surface area (Å²) in [7, 11) is 0. The summed E-state index contributed by atoms with van der Waals surface area (Å²) in [5, 5.41) is 0. The lowest BCUT2D eigenvalue weighted by molar-refractivity contribution is 0.268. The van der Waals surface area contributed by atoms with Crippen molar-refractivity contribution < 1.29 is 4.74 Å². The Bertz CT molecular complexity index is 276. The molecular formula is C13H20O. The van der Waals surface area contributed by atoms with E-state index in [1.165, 1.54) is 5.56 Å². The standard InChI is InChI=1S/C13H20O/c1-10(2)9-14-13-8-6-5-7-12(13)11(3)4/h5-8,10-11H,9H2,1-4H3. The maximum atomic E-state index is 5.76. The van der Waals surface area contributed by atoms with Gasteiger partial charge in [0.25, 0.3) is 0 Å². The Labute approximate surface area is 87.1 Å². The summed E-state index contributed by atoms with van der Waals surface area (Å²) < 4.78 is 5.76. The van der Waals surface area contributed by atoms with Crippen LogP contribution in [0, 0.1) is 5.92 Å². The van der Waals surface area contributed by atoms with Gasteiger partial charge in [0.1, 0.15) is 5.75 Å². The number of ether oxygens (including phenoxy) is 1. The Morgan fingerprint density at radius 1 is 1.07 bits per heavy atom. The van der Waals surface area contributed by atoms with Gasteiger partial charge < -0.3 is 4.74 Å². The highest BCUT2D eigenvalue weighted by molar-refractivity contribution is 5.35. The van der Waals surface area contributed by atoms with Crippen molar-refractivity contribution in [2.75, 3.05) is 6.61 Å². The lowest BCUT2D eigenvalue weighted by Gasteiger charge is -2.14. The quantitative estimate of drug-likeness (QED) is 0.704. The molecule has 0 amide bonds. The summed E-state index contributed by atoms with van der Waals surface area (Å²) >= 11 is 0. The SMILES string of the molecule is CC(C)COc1ccccc1C(C)C. The first kappa shape index (κ1) is 11.1. The average Bonchev–Trinajstić information content (AvgIpc) is 2.15. The van der Waals surface area contributed by atoms with Gasteiger partial charge >= 0.3 is 0 Å². The molecule has 1 aromatic rings. The van der Waals surface area contributed by atoms with Crippen LogP contribution in [-0.2, 0) is 0 Å². The lowest BCUT2D eigenvalue weighted by atomic mass is 10.0. The molecule has 0 aliphatic heterocycles. The summed E-state index contributed by atoms with van der Waals surface area (Å²) in [6, 6.07) is 8.29. The second kappa shape index (κ2) is 5.04. The van der Waals surface area contributed by atoms with E-state index in [-0.39, 0.29) is 0 Å². The second-order valence-electron chi connectivity index (χ2n) is 4.40. The van der Waals surface area contributed by atoms with Crippen LogP contribution in [0.4, 0.5) is 0 Å². The highest BCUT2D eigenvalue weighted by Gasteiger charge is 2.06. The number of hydrogen-bond acceptors (Lipinski definition) is 1. The molecule has 0 bridgehead atoms. The smallest absolute Gasteiger partial charge is 0.122 e. The normalized spacial score (nSPS) is 11.0. The van der Waals surface area contributed by atoms with Crippen molar-refractivity contribution in [2.45, 2.75) is 33.6 Å². The van der Waals surface area contributed by atoms with E-state index in [2.05, 4.69) is 45.9 Å². The number of benzene rings is 1. The Hall–Kier alpha value is -0.980. The van der Waals surface area contributed by atoms with E-state index in [4.69, 9.17) is 4.74 Å². The fourth-order valence-corrected chi connectivity index (χ4v) is 1.35. The maximum Gasteiger partial charge on any atom is 0.122 e. The molecule has 14 heavy (non-hydrogen) atoms. The van der Waals surface area contributed by atoms with Crippen LogP contribution in [0.2, 0.25) is 0 Å². The zero-order chi connectivity index (χ0) is 10.6. The van der Waals surface area contributed by atoms with Gasteiger partial charge in [-0.1, -0.05) is 45.9 Å². The van der Waals surface area contributed by atoms with Crippen molar-refractivity contribution >= 4 is 0 Å². The van der Waals surface area contributed by atoms with Crippen molar-refractivity contribution in [3.63, 3.8) is 0 Å². The summed E-state index contributed by atoms with van der Waals surface area (Å²) in [6.07, 6.45) is 0.